The molecule has 0 aromatic heterocycles. The maximum Gasteiger partial charge on any atom is 0.361 e. The van der Waals surface area contributed by atoms with Crippen molar-refractivity contribution < 1.29 is 137 Å². The lowest BCUT2D eigenvalue weighted by atomic mass is 9.80. The highest BCUT2D eigenvalue weighted by atomic mass is 79.9. The van der Waals surface area contributed by atoms with Crippen molar-refractivity contribution in [1.82, 2.24) is 0 Å². The van der Waals surface area contributed by atoms with Crippen molar-refractivity contribution in [3.05, 3.63) is 108 Å². The van der Waals surface area contributed by atoms with E-state index >= 15 is 0 Å². The van der Waals surface area contributed by atoms with Crippen molar-refractivity contribution in [2.24, 2.45) is 17.8 Å². The molecule has 1 unspecified atom stereocenters. The number of hydrogen-bond acceptors (Lipinski definition) is 15. The van der Waals surface area contributed by atoms with E-state index in [0.717, 1.165) is 96.7 Å². The molecule has 3 aliphatic carbocycles. The predicted octanol–water partition coefficient (Wildman–Crippen LogP) is -1.82. The maximum atomic E-state index is 13.2. The van der Waals surface area contributed by atoms with Gasteiger partial charge < -0.3 is 108 Å². The van der Waals surface area contributed by atoms with E-state index in [1.807, 2.05) is 75.7 Å². The largest absolute Gasteiger partial charge is 1.00 e. The summed E-state index contributed by atoms with van der Waals surface area (Å²) in [5.74, 6) is -2.73. The molecule has 3 aromatic rings. The molecule has 486 valence electrons. The van der Waals surface area contributed by atoms with Crippen LogP contribution in [-0.2, 0) is 74.0 Å². The molecular formula is C66H96Br3N3O15. The number of halogens is 3. The molecule has 0 bridgehead atoms. The second-order valence-corrected chi connectivity index (χ2v) is 25.3. The Bertz CT molecular complexity index is 2370. The Morgan fingerprint density at radius 3 is 0.816 bits per heavy atom. The molecule has 9 atom stereocenters. The van der Waals surface area contributed by atoms with Crippen molar-refractivity contribution in [3.63, 3.8) is 0 Å². The molecule has 87 heavy (non-hydrogen) atoms. The normalized spacial score (nSPS) is 26.4. The molecule has 9 rings (SSSR count). The number of likely N-dealkylation sites (N-methyl/N-ethyl adjacent to an activating group) is 3. The Morgan fingerprint density at radius 2 is 0.609 bits per heavy atom. The third-order valence-corrected chi connectivity index (χ3v) is 18.6. The average molecular weight is 1410 g/mol. The first kappa shape index (κ1) is 75.1. The van der Waals surface area contributed by atoms with Crippen LogP contribution in [0.25, 0.3) is 0 Å². The number of carbonyl (C=O) groups is 6. The Morgan fingerprint density at radius 1 is 0.391 bits per heavy atom. The van der Waals surface area contributed by atoms with Crippen molar-refractivity contribution in [2.45, 2.75) is 152 Å². The number of benzene rings is 3. The van der Waals surface area contributed by atoms with E-state index in [-0.39, 0.29) is 125 Å². The fraction of sp³-hybridized carbons (Fsp3) is 0.636. The second-order valence-electron chi connectivity index (χ2n) is 25.3. The van der Waals surface area contributed by atoms with Gasteiger partial charge in [0.25, 0.3) is 0 Å². The first-order valence-electron chi connectivity index (χ1n) is 31.1. The van der Waals surface area contributed by atoms with Gasteiger partial charge in [-0.1, -0.05) is 130 Å². The van der Waals surface area contributed by atoms with E-state index in [4.69, 9.17) is 28.4 Å². The number of hydrogen-bond donors (Lipinski definition) is 3. The van der Waals surface area contributed by atoms with Gasteiger partial charge in [0.2, 0.25) is 0 Å². The third-order valence-electron chi connectivity index (χ3n) is 18.6. The van der Waals surface area contributed by atoms with Gasteiger partial charge in [0.15, 0.2) is 54.7 Å². The topological polar surface area (TPSA) is 218 Å². The van der Waals surface area contributed by atoms with Crippen LogP contribution in [-0.4, -0.2) is 183 Å². The van der Waals surface area contributed by atoms with E-state index in [2.05, 4.69) is 0 Å². The molecule has 21 heteroatoms. The molecule has 3 heterocycles. The molecule has 3 saturated carbocycles. The smallest absolute Gasteiger partial charge is 0.361 e. The molecule has 6 aliphatic rings. The maximum absolute atomic E-state index is 13.2. The van der Waals surface area contributed by atoms with Crippen LogP contribution in [0.15, 0.2) is 91.0 Å². The van der Waals surface area contributed by atoms with Gasteiger partial charge in [-0.15, -0.1) is 0 Å². The van der Waals surface area contributed by atoms with E-state index in [0.29, 0.717) is 88.9 Å². The minimum atomic E-state index is -1.61. The first-order chi connectivity index (χ1) is 40.1. The molecule has 3 saturated heterocycles. The number of quaternary nitrogens is 3. The lowest BCUT2D eigenvalue weighted by Gasteiger charge is -2.33. The van der Waals surface area contributed by atoms with Crippen LogP contribution in [0.1, 0.15) is 134 Å². The Kier molecular flexibility index (Phi) is 29.5. The standard InChI is InChI=1S/3C22H32NO5.3BrH/c3*1-3-27-20(24)16-23(2)14-13-19(15-23)28-21(25)22(26,18-11-7-8-12-18)17-9-5-4-6-10-17;;;/h3*4-6,9-10,18-19,26H,3,7-8,11-16H2,1-2H3;3*1H/q3*+1;;;/p-3/t19-,22+,23?;19-,22+,23+;19-,22+,23-;;;/m111.../s1. The molecule has 6 fully saturated rings. The molecule has 3 aromatic carbocycles. The quantitative estimate of drug-likeness (QED) is 0.0608. The SMILES string of the molecule is CCOC(=O)C[N+]1(C)CC[C@@H](OC(=O)[C@](O)(c2ccccc2)C2CCCC2)C1.CCOC(=O)C[N@+]1(C)CC[C@@H](OC(=O)[C@](O)(c2ccccc2)C2CCCC2)C1.CCOC(=O)C[N@@+]1(C)CC[C@@H](OC(=O)[C@](O)(c2ccccc2)C2CCCC2)C1.[Br-].[Br-].[Br-]. The van der Waals surface area contributed by atoms with Crippen LogP contribution in [0.5, 0.6) is 0 Å². The highest BCUT2D eigenvalue weighted by molar-refractivity contribution is 5.83. The zero-order chi connectivity index (χ0) is 60.6. The number of ether oxygens (including phenoxy) is 6. The third kappa shape index (κ3) is 19.4. The van der Waals surface area contributed by atoms with Crippen LogP contribution in [0.4, 0.5) is 0 Å². The Balaban J connectivity index is 0.000000275. The van der Waals surface area contributed by atoms with Gasteiger partial charge in [-0.2, -0.15) is 0 Å². The van der Waals surface area contributed by atoms with Crippen LogP contribution in [0, 0.1) is 17.8 Å². The molecule has 18 nitrogen and oxygen atoms in total. The predicted molar refractivity (Wildman–Crippen MR) is 313 cm³/mol. The summed E-state index contributed by atoms with van der Waals surface area (Å²) in [5, 5.41) is 34.5. The number of carbonyl (C=O) groups excluding carboxylic acids is 6. The summed E-state index contributed by atoms with van der Waals surface area (Å²) in [7, 11) is 5.93. The van der Waals surface area contributed by atoms with Crippen molar-refractivity contribution in [1.29, 1.82) is 0 Å². The molecular weight excluding hydrogens is 1310 g/mol. The van der Waals surface area contributed by atoms with E-state index < -0.39 is 34.7 Å². The molecule has 0 spiro atoms. The van der Waals surface area contributed by atoms with E-state index in [9.17, 15) is 44.1 Å². The summed E-state index contributed by atoms with van der Waals surface area (Å²) in [4.78, 5) is 75.1. The zero-order valence-corrected chi connectivity index (χ0v) is 56.7. The van der Waals surface area contributed by atoms with Gasteiger partial charge in [-0.25, -0.2) is 28.8 Å². The van der Waals surface area contributed by atoms with Crippen LogP contribution >= 0.6 is 0 Å². The zero-order valence-electron chi connectivity index (χ0n) is 51.9. The fourth-order valence-electron chi connectivity index (χ4n) is 14.1. The summed E-state index contributed by atoms with van der Waals surface area (Å²) >= 11 is 0. The number of nitrogens with zero attached hydrogens (tertiary/aromatic N) is 3. The Hall–Kier alpha value is -4.32. The van der Waals surface area contributed by atoms with Crippen LogP contribution < -0.4 is 50.9 Å². The van der Waals surface area contributed by atoms with E-state index in [1.54, 1.807) is 57.2 Å². The molecule has 3 aliphatic heterocycles. The first-order valence-corrected chi connectivity index (χ1v) is 31.1. The summed E-state index contributed by atoms with van der Waals surface area (Å²) in [5.41, 5.74) is -3.00. The summed E-state index contributed by atoms with van der Waals surface area (Å²) in [6.45, 7) is 11.2. The summed E-state index contributed by atoms with van der Waals surface area (Å²) in [6, 6.07) is 27.5. The number of esters is 6. The van der Waals surface area contributed by atoms with Crippen LogP contribution in [0.3, 0.4) is 0 Å². The lowest BCUT2D eigenvalue weighted by Crippen LogP contribution is -3.00. The number of likely N-dealkylation sites (tertiary alicyclic amines) is 3. The number of aliphatic hydroxyl groups is 3. The highest BCUT2D eigenvalue weighted by Crippen LogP contribution is 2.45. The minimum absolute atomic E-state index is 0. The molecule has 0 amide bonds. The van der Waals surface area contributed by atoms with Gasteiger partial charge in [0, 0.05) is 37.0 Å². The van der Waals surface area contributed by atoms with Gasteiger partial charge in [-0.3, -0.25) is 0 Å². The monoisotopic (exact) mass is 1410 g/mol. The van der Waals surface area contributed by atoms with Gasteiger partial charge in [0.05, 0.1) is 60.6 Å². The number of rotatable bonds is 21. The van der Waals surface area contributed by atoms with Crippen molar-refractivity contribution in [2.75, 3.05) is 99.9 Å². The molecule has 3 N–H and O–H groups in total. The van der Waals surface area contributed by atoms with Gasteiger partial charge in [0.1, 0.15) is 19.6 Å². The van der Waals surface area contributed by atoms with Crippen molar-refractivity contribution >= 4 is 35.8 Å². The van der Waals surface area contributed by atoms with Crippen LogP contribution in [0.2, 0.25) is 0 Å². The molecule has 0 radical (unpaired) electrons. The Labute approximate surface area is 547 Å². The van der Waals surface area contributed by atoms with Crippen molar-refractivity contribution in [3.8, 4) is 0 Å². The fourth-order valence-corrected chi connectivity index (χ4v) is 14.1. The lowest BCUT2D eigenvalue weighted by molar-refractivity contribution is -0.891. The second kappa shape index (κ2) is 34.2. The van der Waals surface area contributed by atoms with E-state index in [1.165, 1.54) is 0 Å². The minimum Gasteiger partial charge on any atom is -1.00 e. The average Bonchev–Trinajstić information content (AvgIpc) is 2.06. The highest BCUT2D eigenvalue weighted by Gasteiger charge is 2.53. The van der Waals surface area contributed by atoms with Gasteiger partial charge >= 0.3 is 35.8 Å². The summed E-state index contributed by atoms with van der Waals surface area (Å²) in [6.07, 6.45) is 12.2. The summed E-state index contributed by atoms with van der Waals surface area (Å²) < 4.78 is 34.1. The van der Waals surface area contributed by atoms with Gasteiger partial charge in [-0.05, 0) is 76.0 Å².